The molecule has 0 spiro atoms. The Morgan fingerprint density at radius 3 is 1.86 bits per heavy atom. The van der Waals surface area contributed by atoms with Crippen LogP contribution in [0.2, 0.25) is 0 Å². The van der Waals surface area contributed by atoms with Crippen molar-refractivity contribution in [2.24, 2.45) is 5.92 Å². The molecular formula is C32H50N2O. The van der Waals surface area contributed by atoms with Crippen LogP contribution in [0.3, 0.4) is 0 Å². The Morgan fingerprint density at radius 2 is 1.20 bits per heavy atom. The first-order valence-electron chi connectivity index (χ1n) is 14.8. The highest BCUT2D eigenvalue weighted by Crippen LogP contribution is 2.34. The number of aryl methyl sites for hydroxylation is 2. The zero-order chi connectivity index (χ0) is 24.6. The van der Waals surface area contributed by atoms with Crippen molar-refractivity contribution >= 4 is 0 Å². The third-order valence-electron chi connectivity index (χ3n) is 7.73. The van der Waals surface area contributed by atoms with E-state index in [9.17, 15) is 0 Å². The van der Waals surface area contributed by atoms with Gasteiger partial charge in [0.05, 0.1) is 6.61 Å². The van der Waals surface area contributed by atoms with E-state index in [1.54, 1.807) is 0 Å². The molecule has 1 aliphatic carbocycles. The molecule has 194 valence electrons. The lowest BCUT2D eigenvalue weighted by Crippen LogP contribution is -2.20. The summed E-state index contributed by atoms with van der Waals surface area (Å²) >= 11 is 0. The van der Waals surface area contributed by atoms with Crippen LogP contribution in [-0.4, -0.2) is 16.6 Å². The predicted octanol–water partition coefficient (Wildman–Crippen LogP) is 9.25. The van der Waals surface area contributed by atoms with Crippen LogP contribution in [0, 0.1) is 5.92 Å². The van der Waals surface area contributed by atoms with E-state index in [1.807, 2.05) is 0 Å². The van der Waals surface area contributed by atoms with E-state index >= 15 is 0 Å². The summed E-state index contributed by atoms with van der Waals surface area (Å²) in [6, 6.07) is 8.76. The predicted molar refractivity (Wildman–Crippen MR) is 148 cm³/mol. The lowest BCUT2D eigenvalue weighted by Gasteiger charge is -2.27. The normalized spacial score (nSPS) is 18.0. The highest BCUT2D eigenvalue weighted by atomic mass is 16.5. The molecule has 1 aromatic carbocycles. The van der Waals surface area contributed by atoms with Crippen LogP contribution in [0.5, 0.6) is 5.75 Å². The van der Waals surface area contributed by atoms with E-state index < -0.39 is 0 Å². The number of aromatic nitrogens is 2. The van der Waals surface area contributed by atoms with Gasteiger partial charge in [0.2, 0.25) is 0 Å². The summed E-state index contributed by atoms with van der Waals surface area (Å²) in [5.41, 5.74) is 2.73. The van der Waals surface area contributed by atoms with Gasteiger partial charge in [-0.15, -0.1) is 0 Å². The molecule has 3 nitrogen and oxygen atoms in total. The summed E-state index contributed by atoms with van der Waals surface area (Å²) in [6.45, 7) is 5.37. The van der Waals surface area contributed by atoms with Gasteiger partial charge >= 0.3 is 0 Å². The molecule has 0 radical (unpaired) electrons. The Labute approximate surface area is 215 Å². The van der Waals surface area contributed by atoms with Gasteiger partial charge in [-0.25, -0.2) is 9.97 Å². The Bertz CT molecular complexity index is 778. The maximum absolute atomic E-state index is 6.13. The molecule has 3 rings (SSSR count). The topological polar surface area (TPSA) is 35.0 Å². The zero-order valence-electron chi connectivity index (χ0n) is 22.6. The van der Waals surface area contributed by atoms with Crippen molar-refractivity contribution in [3.63, 3.8) is 0 Å². The van der Waals surface area contributed by atoms with Gasteiger partial charge in [0, 0.05) is 18.3 Å². The molecule has 35 heavy (non-hydrogen) atoms. The molecule has 0 bridgehead atoms. The van der Waals surface area contributed by atoms with Crippen LogP contribution in [0.1, 0.15) is 133 Å². The molecule has 0 amide bonds. The van der Waals surface area contributed by atoms with Gasteiger partial charge in [0.15, 0.2) is 0 Å². The van der Waals surface area contributed by atoms with Crippen molar-refractivity contribution in [1.29, 1.82) is 0 Å². The zero-order valence-corrected chi connectivity index (χ0v) is 22.6. The third-order valence-corrected chi connectivity index (χ3v) is 7.73. The van der Waals surface area contributed by atoms with E-state index in [2.05, 4.69) is 50.5 Å². The maximum Gasteiger partial charge on any atom is 0.131 e. The lowest BCUT2D eigenvalue weighted by atomic mass is 9.82. The van der Waals surface area contributed by atoms with E-state index in [-0.39, 0.29) is 0 Å². The molecular weight excluding hydrogens is 428 g/mol. The fraction of sp³-hybridized carbons (Fsp3) is 0.688. The summed E-state index contributed by atoms with van der Waals surface area (Å²) in [5.74, 6) is 3.24. The van der Waals surface area contributed by atoms with Crippen molar-refractivity contribution in [2.45, 2.75) is 129 Å². The number of benzene rings is 1. The molecule has 0 aliphatic heterocycles. The number of unbranched alkanes of at least 4 members (excludes halogenated alkanes) is 9. The molecule has 0 saturated heterocycles. The summed E-state index contributed by atoms with van der Waals surface area (Å²) in [6.07, 6.45) is 26.1. The first kappa shape index (κ1) is 27.7. The van der Waals surface area contributed by atoms with Crippen molar-refractivity contribution in [2.75, 3.05) is 6.61 Å². The van der Waals surface area contributed by atoms with Gasteiger partial charge < -0.3 is 4.74 Å². The monoisotopic (exact) mass is 478 g/mol. The van der Waals surface area contributed by atoms with Crippen LogP contribution in [0.25, 0.3) is 0 Å². The number of nitrogens with zero attached hydrogens (tertiary/aromatic N) is 2. The molecule has 0 atom stereocenters. The highest BCUT2D eigenvalue weighted by Gasteiger charge is 2.24. The summed E-state index contributed by atoms with van der Waals surface area (Å²) in [5, 5.41) is 0. The fourth-order valence-electron chi connectivity index (χ4n) is 5.30. The number of ether oxygens (including phenoxy) is 1. The lowest BCUT2D eigenvalue weighted by molar-refractivity contribution is 0.198. The molecule has 1 saturated carbocycles. The molecule has 0 unspecified atom stereocenters. The maximum atomic E-state index is 6.13. The SMILES string of the molecule is CCCCCCCCCCc1cnc([C@H]2CC[C@H](COc3ccc(CCCCC)cc3)CC2)nc1. The molecule has 1 heterocycles. The van der Waals surface area contributed by atoms with E-state index in [4.69, 9.17) is 14.7 Å². The smallest absolute Gasteiger partial charge is 0.131 e. The number of hydrogen-bond donors (Lipinski definition) is 0. The Hall–Kier alpha value is -1.90. The standard InChI is InChI=1S/C32H50N2O/c1-3-5-7-8-9-10-11-13-15-29-24-33-32(34-25-29)30-20-16-28(17-21-30)26-35-31-22-18-27(19-23-31)14-12-6-4-2/h18-19,22-25,28,30H,3-17,20-21,26H2,1-2H3/t28-,30-. The quantitative estimate of drug-likeness (QED) is 0.212. The minimum absolute atomic E-state index is 0.519. The first-order chi connectivity index (χ1) is 17.3. The molecule has 0 N–H and O–H groups in total. The molecule has 1 fully saturated rings. The second kappa shape index (κ2) is 16.7. The van der Waals surface area contributed by atoms with Gasteiger partial charge in [-0.2, -0.15) is 0 Å². The van der Waals surface area contributed by atoms with Gasteiger partial charge in [-0.1, -0.05) is 83.8 Å². The van der Waals surface area contributed by atoms with Crippen molar-refractivity contribution in [1.82, 2.24) is 9.97 Å². The Morgan fingerprint density at radius 1 is 0.657 bits per heavy atom. The van der Waals surface area contributed by atoms with Crippen molar-refractivity contribution < 1.29 is 4.74 Å². The van der Waals surface area contributed by atoms with Gasteiger partial charge in [0.1, 0.15) is 11.6 Å². The van der Waals surface area contributed by atoms with E-state index in [0.29, 0.717) is 11.8 Å². The van der Waals surface area contributed by atoms with Crippen molar-refractivity contribution in [3.05, 3.63) is 53.6 Å². The van der Waals surface area contributed by atoms with Crippen LogP contribution < -0.4 is 4.74 Å². The highest BCUT2D eigenvalue weighted by molar-refractivity contribution is 5.27. The van der Waals surface area contributed by atoms with Gasteiger partial charge in [-0.3, -0.25) is 0 Å². The summed E-state index contributed by atoms with van der Waals surface area (Å²) in [7, 11) is 0. The average molecular weight is 479 g/mol. The third kappa shape index (κ3) is 10.7. The number of rotatable bonds is 17. The van der Waals surface area contributed by atoms with Crippen molar-refractivity contribution in [3.8, 4) is 5.75 Å². The first-order valence-corrected chi connectivity index (χ1v) is 14.8. The van der Waals surface area contributed by atoms with Gasteiger partial charge in [-0.05, 0) is 80.5 Å². The molecule has 2 aromatic rings. The van der Waals surface area contributed by atoms with Crippen LogP contribution in [0.15, 0.2) is 36.7 Å². The van der Waals surface area contributed by atoms with E-state index in [1.165, 1.54) is 114 Å². The van der Waals surface area contributed by atoms with Crippen LogP contribution in [0.4, 0.5) is 0 Å². The Balaban J connectivity index is 1.29. The second-order valence-electron chi connectivity index (χ2n) is 10.8. The summed E-state index contributed by atoms with van der Waals surface area (Å²) in [4.78, 5) is 9.52. The number of hydrogen-bond acceptors (Lipinski definition) is 3. The summed E-state index contributed by atoms with van der Waals surface area (Å²) < 4.78 is 6.13. The minimum atomic E-state index is 0.519. The molecule has 1 aromatic heterocycles. The Kier molecular flexibility index (Phi) is 13.2. The van der Waals surface area contributed by atoms with E-state index in [0.717, 1.165) is 24.6 Å². The second-order valence-corrected chi connectivity index (χ2v) is 10.8. The van der Waals surface area contributed by atoms with Crippen LogP contribution >= 0.6 is 0 Å². The van der Waals surface area contributed by atoms with Crippen LogP contribution in [-0.2, 0) is 12.8 Å². The molecule has 1 aliphatic rings. The average Bonchev–Trinajstić information content (AvgIpc) is 2.90. The fourth-order valence-corrected chi connectivity index (χ4v) is 5.30. The minimum Gasteiger partial charge on any atom is -0.493 e. The van der Waals surface area contributed by atoms with Gasteiger partial charge in [0.25, 0.3) is 0 Å². The molecule has 3 heteroatoms. The largest absolute Gasteiger partial charge is 0.493 e.